The molecule has 0 aliphatic heterocycles. The van der Waals surface area contributed by atoms with E-state index in [0.717, 1.165) is 16.6 Å². The molecule has 0 aliphatic rings. The number of likely N-dealkylation sites (N-methyl/N-ethyl adjacent to an activating group) is 1. The van der Waals surface area contributed by atoms with Gasteiger partial charge < -0.3 is 4.90 Å². The van der Waals surface area contributed by atoms with Crippen LogP contribution in [0.15, 0.2) is 48.5 Å². The number of para-hydroxylation sites is 1. The predicted molar refractivity (Wildman–Crippen MR) is 85.5 cm³/mol. The fraction of sp³-hybridized carbons (Fsp3) is 0.188. The zero-order chi connectivity index (χ0) is 15.5. The maximum Gasteiger partial charge on any atom is 0.244 e. The largest absolute Gasteiger partial charge is 0.340 e. The van der Waals surface area contributed by atoms with Crippen LogP contribution in [0, 0.1) is 0 Å². The number of benzene rings is 2. The van der Waals surface area contributed by atoms with E-state index in [1.54, 1.807) is 16.6 Å². The molecule has 5 nitrogen and oxygen atoms in total. The number of aromatic nitrogens is 3. The monoisotopic (exact) mass is 314 g/mol. The molecule has 0 aliphatic carbocycles. The van der Waals surface area contributed by atoms with E-state index in [4.69, 9.17) is 11.6 Å². The van der Waals surface area contributed by atoms with Crippen molar-refractivity contribution < 1.29 is 4.79 Å². The Bertz CT molecular complexity index is 815. The lowest BCUT2D eigenvalue weighted by molar-refractivity contribution is -0.131. The van der Waals surface area contributed by atoms with Crippen LogP contribution in [0.1, 0.15) is 5.56 Å². The number of hydrogen-bond acceptors (Lipinski definition) is 3. The van der Waals surface area contributed by atoms with Crippen molar-refractivity contribution >= 4 is 28.5 Å². The quantitative estimate of drug-likeness (QED) is 0.744. The molecule has 1 heterocycles. The third-order valence-corrected chi connectivity index (χ3v) is 3.67. The molecule has 0 saturated carbocycles. The zero-order valence-electron chi connectivity index (χ0n) is 12.1. The van der Waals surface area contributed by atoms with E-state index in [9.17, 15) is 4.79 Å². The van der Waals surface area contributed by atoms with E-state index in [-0.39, 0.29) is 12.5 Å². The molecule has 0 saturated heterocycles. The summed E-state index contributed by atoms with van der Waals surface area (Å²) >= 11 is 5.96. The van der Waals surface area contributed by atoms with Crippen LogP contribution in [0.3, 0.4) is 0 Å². The van der Waals surface area contributed by atoms with Crippen molar-refractivity contribution in [3.63, 3.8) is 0 Å². The Morgan fingerprint density at radius 3 is 2.86 bits per heavy atom. The van der Waals surface area contributed by atoms with Crippen LogP contribution in [0.4, 0.5) is 0 Å². The molecule has 0 N–H and O–H groups in total. The van der Waals surface area contributed by atoms with Gasteiger partial charge in [-0.2, -0.15) is 0 Å². The number of hydrogen-bond donors (Lipinski definition) is 0. The Morgan fingerprint density at radius 2 is 2.05 bits per heavy atom. The van der Waals surface area contributed by atoms with Crippen LogP contribution in [-0.2, 0) is 17.9 Å². The number of carbonyl (C=O) groups is 1. The van der Waals surface area contributed by atoms with E-state index < -0.39 is 0 Å². The topological polar surface area (TPSA) is 51.0 Å². The Labute approximate surface area is 133 Å². The smallest absolute Gasteiger partial charge is 0.244 e. The fourth-order valence-corrected chi connectivity index (χ4v) is 2.49. The van der Waals surface area contributed by atoms with Gasteiger partial charge in [-0.1, -0.05) is 41.1 Å². The van der Waals surface area contributed by atoms with E-state index in [0.29, 0.717) is 11.6 Å². The minimum Gasteiger partial charge on any atom is -0.340 e. The van der Waals surface area contributed by atoms with Gasteiger partial charge in [0.05, 0.1) is 5.52 Å². The average molecular weight is 315 g/mol. The first-order chi connectivity index (χ1) is 10.6. The Kier molecular flexibility index (Phi) is 4.06. The van der Waals surface area contributed by atoms with Gasteiger partial charge in [0.25, 0.3) is 0 Å². The number of amides is 1. The van der Waals surface area contributed by atoms with Crippen molar-refractivity contribution in [3.8, 4) is 0 Å². The maximum absolute atomic E-state index is 12.3. The molecule has 0 fully saturated rings. The van der Waals surface area contributed by atoms with Gasteiger partial charge in [0.2, 0.25) is 5.91 Å². The van der Waals surface area contributed by atoms with Crippen LogP contribution in [0.2, 0.25) is 5.02 Å². The number of nitrogens with zero attached hydrogens (tertiary/aromatic N) is 4. The second-order valence-corrected chi connectivity index (χ2v) is 5.55. The molecule has 0 atom stereocenters. The number of fused-ring (bicyclic) bond motifs is 1. The Morgan fingerprint density at radius 1 is 1.23 bits per heavy atom. The molecule has 0 spiro atoms. The van der Waals surface area contributed by atoms with Gasteiger partial charge in [0.15, 0.2) is 0 Å². The molecule has 2 aromatic carbocycles. The van der Waals surface area contributed by atoms with Crippen molar-refractivity contribution in [2.24, 2.45) is 0 Å². The molecule has 0 radical (unpaired) electrons. The summed E-state index contributed by atoms with van der Waals surface area (Å²) in [6.45, 7) is 0.670. The molecular formula is C16H15ClN4O. The Balaban J connectivity index is 1.71. The first-order valence-corrected chi connectivity index (χ1v) is 7.28. The lowest BCUT2D eigenvalue weighted by atomic mass is 10.2. The second kappa shape index (κ2) is 6.15. The third-order valence-electron chi connectivity index (χ3n) is 3.44. The van der Waals surface area contributed by atoms with Gasteiger partial charge in [0, 0.05) is 18.6 Å². The molecule has 3 rings (SSSR count). The third kappa shape index (κ3) is 3.09. The summed E-state index contributed by atoms with van der Waals surface area (Å²) in [6.07, 6.45) is 0. The van der Waals surface area contributed by atoms with Gasteiger partial charge in [-0.15, -0.1) is 5.10 Å². The fourth-order valence-electron chi connectivity index (χ4n) is 2.28. The molecule has 22 heavy (non-hydrogen) atoms. The molecule has 6 heteroatoms. The van der Waals surface area contributed by atoms with Crippen molar-refractivity contribution in [3.05, 3.63) is 59.1 Å². The second-order valence-electron chi connectivity index (χ2n) is 5.12. The summed E-state index contributed by atoms with van der Waals surface area (Å²) in [6, 6.07) is 15.1. The van der Waals surface area contributed by atoms with E-state index in [1.807, 2.05) is 48.5 Å². The number of halogens is 1. The normalized spacial score (nSPS) is 10.8. The summed E-state index contributed by atoms with van der Waals surface area (Å²) in [5, 5.41) is 8.76. The molecule has 3 aromatic rings. The minimum absolute atomic E-state index is 0.0318. The van der Waals surface area contributed by atoms with Gasteiger partial charge in [-0.25, -0.2) is 4.68 Å². The minimum atomic E-state index is -0.0318. The van der Waals surface area contributed by atoms with Crippen molar-refractivity contribution in [1.29, 1.82) is 0 Å². The molecule has 112 valence electrons. The summed E-state index contributed by atoms with van der Waals surface area (Å²) in [4.78, 5) is 14.0. The van der Waals surface area contributed by atoms with Gasteiger partial charge in [-0.3, -0.25) is 4.79 Å². The zero-order valence-corrected chi connectivity index (χ0v) is 12.9. The highest BCUT2D eigenvalue weighted by Crippen LogP contribution is 2.13. The summed E-state index contributed by atoms with van der Waals surface area (Å²) < 4.78 is 1.62. The van der Waals surface area contributed by atoms with Crippen molar-refractivity contribution in [1.82, 2.24) is 19.9 Å². The predicted octanol–water partition coefficient (Wildman–Crippen LogP) is 2.74. The highest BCUT2D eigenvalue weighted by Gasteiger charge is 2.13. The summed E-state index contributed by atoms with van der Waals surface area (Å²) in [5.74, 6) is -0.0318. The maximum atomic E-state index is 12.3. The van der Waals surface area contributed by atoms with Gasteiger partial charge in [0.1, 0.15) is 12.1 Å². The van der Waals surface area contributed by atoms with Crippen LogP contribution in [-0.4, -0.2) is 32.8 Å². The standard InChI is InChI=1S/C16H15ClN4O/c1-20(10-12-5-4-6-13(17)9-12)16(22)11-21-15-8-3-2-7-14(15)18-19-21/h2-9H,10-11H2,1H3. The molecule has 1 aromatic heterocycles. The highest BCUT2D eigenvalue weighted by molar-refractivity contribution is 6.30. The van der Waals surface area contributed by atoms with Crippen molar-refractivity contribution in [2.45, 2.75) is 13.1 Å². The van der Waals surface area contributed by atoms with Crippen LogP contribution in [0.5, 0.6) is 0 Å². The van der Waals surface area contributed by atoms with Crippen LogP contribution < -0.4 is 0 Å². The lowest BCUT2D eigenvalue weighted by Gasteiger charge is -2.17. The summed E-state index contributed by atoms with van der Waals surface area (Å²) in [5.41, 5.74) is 2.63. The molecule has 0 bridgehead atoms. The van der Waals surface area contributed by atoms with E-state index >= 15 is 0 Å². The SMILES string of the molecule is CN(Cc1cccc(Cl)c1)C(=O)Cn1nnc2ccccc21. The van der Waals surface area contributed by atoms with Crippen LogP contribution in [0.25, 0.3) is 11.0 Å². The van der Waals surface area contributed by atoms with Crippen molar-refractivity contribution in [2.75, 3.05) is 7.05 Å². The van der Waals surface area contributed by atoms with Gasteiger partial charge >= 0.3 is 0 Å². The first-order valence-electron chi connectivity index (χ1n) is 6.90. The molecule has 0 unspecified atom stereocenters. The van der Waals surface area contributed by atoms with E-state index in [1.165, 1.54) is 0 Å². The summed E-state index contributed by atoms with van der Waals surface area (Å²) in [7, 11) is 1.77. The number of carbonyl (C=O) groups excluding carboxylic acids is 1. The average Bonchev–Trinajstić information content (AvgIpc) is 2.90. The molecule has 1 amide bonds. The first kappa shape index (κ1) is 14.5. The molecular weight excluding hydrogens is 300 g/mol. The van der Waals surface area contributed by atoms with E-state index in [2.05, 4.69) is 10.3 Å². The van der Waals surface area contributed by atoms with Crippen LogP contribution >= 0.6 is 11.6 Å². The van der Waals surface area contributed by atoms with Gasteiger partial charge in [-0.05, 0) is 29.8 Å². The highest BCUT2D eigenvalue weighted by atomic mass is 35.5. The lowest BCUT2D eigenvalue weighted by Crippen LogP contribution is -2.30. The number of rotatable bonds is 4. The Hall–Kier alpha value is -2.40.